The second kappa shape index (κ2) is 1510. The second-order valence-electron chi connectivity index (χ2n) is 0. The van der Waals surface area contributed by atoms with Gasteiger partial charge in [0.1, 0.15) is 0 Å². The molecule has 0 radical (unpaired) electrons. The molecule has 0 unspecified atom stereocenters. The van der Waals surface area contributed by atoms with Gasteiger partial charge in [0.25, 0.3) is 0 Å². The van der Waals surface area contributed by atoms with Gasteiger partial charge in [-0.05, 0) is 0 Å². The molecule has 48 valence electrons. The van der Waals surface area contributed by atoms with Gasteiger partial charge in [-0.15, -0.1) is 0 Å². The van der Waals surface area contributed by atoms with Crippen LogP contribution in [0.2, 0.25) is 0 Å². The molecule has 0 saturated carbocycles. The molecule has 0 bridgehead atoms. The summed E-state index contributed by atoms with van der Waals surface area (Å²) in [6, 6.07) is 0. The van der Waals surface area contributed by atoms with Gasteiger partial charge in [0.15, 0.2) is 0 Å². The minimum Gasteiger partial charge on any atom is -1.00 e. The maximum Gasteiger partial charge on any atom is 2.00 e. The molecule has 0 aliphatic rings. The third-order valence-electron chi connectivity index (χ3n) is 0. The SMILES string of the molecule is [F-].[F-].[F-].[F-].[F-].[F-].[Mg+2]. The van der Waals surface area contributed by atoms with E-state index in [1.807, 2.05) is 0 Å². The fourth-order valence-electron chi connectivity index (χ4n) is 0. The summed E-state index contributed by atoms with van der Waals surface area (Å²) in [5.41, 5.74) is 0. The number of hydrogen-bond acceptors (Lipinski definition) is 0. The molecule has 0 aromatic heterocycles. The monoisotopic (exact) mass is 138 g/mol. The standard InChI is InChI=1S/6FH.Mg/h6*1H;/q;;;;;;+2/p-6. The average molecular weight is 138 g/mol. The summed E-state index contributed by atoms with van der Waals surface area (Å²) in [5, 5.41) is 0. The van der Waals surface area contributed by atoms with E-state index in [4.69, 9.17) is 0 Å². The molecule has 0 rings (SSSR count). The average Bonchev–Trinajstić information content (AvgIpc) is 0. The van der Waals surface area contributed by atoms with E-state index in [1.54, 1.807) is 0 Å². The van der Waals surface area contributed by atoms with Crippen LogP contribution in [0.5, 0.6) is 0 Å². The molecule has 0 heterocycles. The predicted molar refractivity (Wildman–Crippen MR) is 5.75 cm³/mol. The van der Waals surface area contributed by atoms with E-state index in [9.17, 15) is 0 Å². The Labute approximate surface area is 52.0 Å². The van der Waals surface area contributed by atoms with Crippen molar-refractivity contribution in [3.05, 3.63) is 0 Å². The van der Waals surface area contributed by atoms with Crippen molar-refractivity contribution < 1.29 is 28.2 Å². The molecule has 0 amide bonds. The number of halogens is 6. The van der Waals surface area contributed by atoms with Crippen molar-refractivity contribution in [2.75, 3.05) is 0 Å². The van der Waals surface area contributed by atoms with Gasteiger partial charge in [-0.2, -0.15) is 0 Å². The Morgan fingerprint density at radius 2 is 0.286 bits per heavy atom. The first kappa shape index (κ1) is 2470. The minimum absolute atomic E-state index is 0. The van der Waals surface area contributed by atoms with Gasteiger partial charge in [-0.1, -0.05) is 0 Å². The molecule has 0 fully saturated rings. The summed E-state index contributed by atoms with van der Waals surface area (Å²) in [6.07, 6.45) is 0. The van der Waals surface area contributed by atoms with Crippen LogP contribution < -0.4 is 28.2 Å². The molecule has 0 aliphatic heterocycles. The van der Waals surface area contributed by atoms with Gasteiger partial charge < -0.3 is 28.2 Å². The van der Waals surface area contributed by atoms with Gasteiger partial charge in [-0.3, -0.25) is 0 Å². The van der Waals surface area contributed by atoms with Crippen LogP contribution in [-0.2, 0) is 0 Å². The predicted octanol–water partition coefficient (Wildman–Crippen LogP) is -18.4. The van der Waals surface area contributed by atoms with E-state index in [-0.39, 0.29) is 51.3 Å². The minimum atomic E-state index is 0. The van der Waals surface area contributed by atoms with E-state index >= 15 is 0 Å². The summed E-state index contributed by atoms with van der Waals surface area (Å²) < 4.78 is 0. The zero-order chi connectivity index (χ0) is 0. The van der Waals surface area contributed by atoms with Crippen molar-refractivity contribution in [1.29, 1.82) is 0 Å². The van der Waals surface area contributed by atoms with Crippen LogP contribution in [0.15, 0.2) is 0 Å². The van der Waals surface area contributed by atoms with Crippen LogP contribution in [0, 0.1) is 0 Å². The normalized spacial score (nSPS) is 0. The van der Waals surface area contributed by atoms with Crippen molar-refractivity contribution >= 4 is 23.1 Å². The molecule has 7 heavy (non-hydrogen) atoms. The summed E-state index contributed by atoms with van der Waals surface area (Å²) in [4.78, 5) is 0. The Balaban J connectivity index is 0. The van der Waals surface area contributed by atoms with Crippen LogP contribution >= 0.6 is 0 Å². The Morgan fingerprint density at radius 3 is 0.286 bits per heavy atom. The van der Waals surface area contributed by atoms with E-state index < -0.39 is 0 Å². The van der Waals surface area contributed by atoms with Gasteiger partial charge in [0.05, 0.1) is 0 Å². The van der Waals surface area contributed by atoms with E-state index in [0.29, 0.717) is 0 Å². The smallest absolute Gasteiger partial charge is 1.00 e. The second-order valence-corrected chi connectivity index (χ2v) is 0. The van der Waals surface area contributed by atoms with E-state index in [0.717, 1.165) is 0 Å². The van der Waals surface area contributed by atoms with Crippen LogP contribution in [0.4, 0.5) is 0 Å². The quantitative estimate of drug-likeness (QED) is 0.230. The Morgan fingerprint density at radius 1 is 0.286 bits per heavy atom. The third-order valence-corrected chi connectivity index (χ3v) is 0. The van der Waals surface area contributed by atoms with Crippen LogP contribution in [0.25, 0.3) is 0 Å². The summed E-state index contributed by atoms with van der Waals surface area (Å²) in [5.74, 6) is 0. The zero-order valence-electron chi connectivity index (χ0n) is 2.97. The zero-order valence-corrected chi connectivity index (χ0v) is 4.39. The van der Waals surface area contributed by atoms with Crippen molar-refractivity contribution in [2.24, 2.45) is 0 Å². The molecule has 0 spiro atoms. The molecular weight excluding hydrogens is 138 g/mol. The summed E-state index contributed by atoms with van der Waals surface area (Å²) >= 11 is 0. The Kier molecular flexibility index (Phi) is 533000. The molecule has 0 aromatic rings. The molecule has 0 aliphatic carbocycles. The van der Waals surface area contributed by atoms with Gasteiger partial charge in [-0.25, -0.2) is 0 Å². The maximum absolute atomic E-state index is 0. The van der Waals surface area contributed by atoms with Crippen molar-refractivity contribution in [2.45, 2.75) is 0 Å². The van der Waals surface area contributed by atoms with Crippen molar-refractivity contribution in [3.8, 4) is 0 Å². The van der Waals surface area contributed by atoms with E-state index in [2.05, 4.69) is 0 Å². The van der Waals surface area contributed by atoms with Gasteiger partial charge in [0.2, 0.25) is 0 Å². The molecule has 0 aromatic carbocycles. The first-order valence-electron chi connectivity index (χ1n) is 0. The molecule has 0 atom stereocenters. The van der Waals surface area contributed by atoms with Crippen molar-refractivity contribution in [1.82, 2.24) is 0 Å². The summed E-state index contributed by atoms with van der Waals surface area (Å²) in [7, 11) is 0. The molecular formula is F6Mg-4. The number of hydrogen-bond donors (Lipinski definition) is 0. The van der Waals surface area contributed by atoms with Gasteiger partial charge >= 0.3 is 23.1 Å². The Hall–Kier alpha value is 0.346. The number of rotatable bonds is 0. The van der Waals surface area contributed by atoms with Crippen LogP contribution in [-0.4, -0.2) is 23.1 Å². The van der Waals surface area contributed by atoms with Crippen LogP contribution in [0.3, 0.4) is 0 Å². The van der Waals surface area contributed by atoms with Crippen LogP contribution in [0.1, 0.15) is 0 Å². The molecule has 0 N–H and O–H groups in total. The first-order chi connectivity index (χ1) is 0. The largest absolute Gasteiger partial charge is 2.00 e. The van der Waals surface area contributed by atoms with Crippen molar-refractivity contribution in [3.63, 3.8) is 0 Å². The fraction of sp³-hybridized carbons (Fsp3) is 0. The molecule has 7 heteroatoms. The van der Waals surface area contributed by atoms with E-state index in [1.165, 1.54) is 0 Å². The fourth-order valence-corrected chi connectivity index (χ4v) is 0. The van der Waals surface area contributed by atoms with Gasteiger partial charge in [0, 0.05) is 0 Å². The maximum atomic E-state index is 0. The molecule has 0 nitrogen and oxygen atoms in total. The third kappa shape index (κ3) is 1000. The molecule has 0 saturated heterocycles. The Bertz CT molecular complexity index is 4.14. The topological polar surface area (TPSA) is 0 Å². The first-order valence-corrected chi connectivity index (χ1v) is 0. The summed E-state index contributed by atoms with van der Waals surface area (Å²) in [6.45, 7) is 0.